The summed E-state index contributed by atoms with van der Waals surface area (Å²) < 4.78 is 18.5. The summed E-state index contributed by atoms with van der Waals surface area (Å²) in [4.78, 5) is 25.5. The number of benzene rings is 2. The van der Waals surface area contributed by atoms with Crippen molar-refractivity contribution in [2.75, 3.05) is 6.54 Å². The Bertz CT molecular complexity index is 898. The lowest BCUT2D eigenvalue weighted by Gasteiger charge is -2.06. The topological polar surface area (TPSA) is 75.1 Å². The zero-order valence-electron chi connectivity index (χ0n) is 12.3. The molecule has 0 spiro atoms. The summed E-state index contributed by atoms with van der Waals surface area (Å²) in [5.41, 5.74) is 2.44. The highest BCUT2D eigenvalue weighted by Crippen LogP contribution is 2.12. The van der Waals surface area contributed by atoms with E-state index < -0.39 is 5.76 Å². The lowest BCUT2D eigenvalue weighted by molar-refractivity contribution is -0.120. The van der Waals surface area contributed by atoms with Crippen LogP contribution in [0.2, 0.25) is 0 Å². The monoisotopic (exact) mass is 314 g/mol. The minimum absolute atomic E-state index is 0.0123. The second kappa shape index (κ2) is 6.48. The summed E-state index contributed by atoms with van der Waals surface area (Å²) in [5, 5.41) is 2.75. The Labute approximate surface area is 131 Å². The predicted octanol–water partition coefficient (Wildman–Crippen LogP) is 2.16. The van der Waals surface area contributed by atoms with Crippen LogP contribution in [-0.2, 0) is 17.6 Å². The van der Waals surface area contributed by atoms with Gasteiger partial charge < -0.3 is 9.73 Å². The second-order valence-corrected chi connectivity index (χ2v) is 5.21. The van der Waals surface area contributed by atoms with E-state index in [4.69, 9.17) is 4.42 Å². The van der Waals surface area contributed by atoms with Crippen molar-refractivity contribution in [2.45, 2.75) is 12.8 Å². The SMILES string of the molecule is O=C(Cc1ccccc1F)NCCc1ccc2[nH]c(=O)oc2c1. The van der Waals surface area contributed by atoms with Crippen LogP contribution in [-0.4, -0.2) is 17.4 Å². The number of fused-ring (bicyclic) bond motifs is 1. The van der Waals surface area contributed by atoms with Crippen molar-refractivity contribution in [3.8, 4) is 0 Å². The molecule has 6 heteroatoms. The van der Waals surface area contributed by atoms with Gasteiger partial charge in [0.15, 0.2) is 5.58 Å². The Morgan fingerprint density at radius 1 is 1.22 bits per heavy atom. The van der Waals surface area contributed by atoms with Crippen molar-refractivity contribution < 1.29 is 13.6 Å². The smallest absolute Gasteiger partial charge is 0.408 e. The van der Waals surface area contributed by atoms with Crippen molar-refractivity contribution in [1.82, 2.24) is 10.3 Å². The van der Waals surface area contributed by atoms with Gasteiger partial charge in [-0.15, -0.1) is 0 Å². The van der Waals surface area contributed by atoms with Crippen LogP contribution in [0.5, 0.6) is 0 Å². The molecule has 0 aliphatic rings. The van der Waals surface area contributed by atoms with Crippen LogP contribution in [0.3, 0.4) is 0 Å². The molecule has 2 aromatic carbocycles. The molecule has 1 aromatic heterocycles. The number of H-pyrrole nitrogens is 1. The molecule has 0 saturated heterocycles. The summed E-state index contributed by atoms with van der Waals surface area (Å²) in [6, 6.07) is 11.6. The summed E-state index contributed by atoms with van der Waals surface area (Å²) in [6.45, 7) is 0.424. The van der Waals surface area contributed by atoms with Crippen molar-refractivity contribution in [1.29, 1.82) is 0 Å². The molecule has 1 amide bonds. The first-order valence-electron chi connectivity index (χ1n) is 7.24. The Kier molecular flexibility index (Phi) is 4.23. The first-order valence-corrected chi connectivity index (χ1v) is 7.24. The summed E-state index contributed by atoms with van der Waals surface area (Å²) >= 11 is 0. The highest BCUT2D eigenvalue weighted by molar-refractivity contribution is 5.78. The lowest BCUT2D eigenvalue weighted by atomic mass is 10.1. The van der Waals surface area contributed by atoms with Crippen LogP contribution in [0.1, 0.15) is 11.1 Å². The number of halogens is 1. The number of aromatic nitrogens is 1. The minimum Gasteiger partial charge on any atom is -0.408 e. The van der Waals surface area contributed by atoms with Gasteiger partial charge in [-0.2, -0.15) is 0 Å². The van der Waals surface area contributed by atoms with Gasteiger partial charge in [0.1, 0.15) is 5.82 Å². The fourth-order valence-electron chi connectivity index (χ4n) is 2.37. The van der Waals surface area contributed by atoms with Gasteiger partial charge in [0, 0.05) is 6.54 Å². The molecule has 0 unspecified atom stereocenters. The van der Waals surface area contributed by atoms with Gasteiger partial charge in [-0.3, -0.25) is 9.78 Å². The van der Waals surface area contributed by atoms with Gasteiger partial charge in [-0.1, -0.05) is 24.3 Å². The van der Waals surface area contributed by atoms with Crippen molar-refractivity contribution in [2.24, 2.45) is 0 Å². The number of carbonyl (C=O) groups is 1. The number of hydrogen-bond acceptors (Lipinski definition) is 3. The summed E-state index contributed by atoms with van der Waals surface area (Å²) in [5.74, 6) is -1.10. The molecule has 23 heavy (non-hydrogen) atoms. The lowest BCUT2D eigenvalue weighted by Crippen LogP contribution is -2.27. The minimum atomic E-state index is -0.490. The zero-order chi connectivity index (χ0) is 16.2. The van der Waals surface area contributed by atoms with Gasteiger partial charge in [0.25, 0.3) is 0 Å². The molecule has 0 bridgehead atoms. The molecule has 5 nitrogen and oxygen atoms in total. The van der Waals surface area contributed by atoms with Crippen molar-refractivity contribution in [3.63, 3.8) is 0 Å². The molecule has 0 aliphatic carbocycles. The number of hydrogen-bond donors (Lipinski definition) is 2. The van der Waals surface area contributed by atoms with Crippen LogP contribution in [0.15, 0.2) is 51.7 Å². The maximum absolute atomic E-state index is 13.5. The largest absolute Gasteiger partial charge is 0.417 e. The number of aromatic amines is 1. The highest BCUT2D eigenvalue weighted by Gasteiger charge is 2.07. The average Bonchev–Trinajstić information content (AvgIpc) is 2.89. The standard InChI is InChI=1S/C17H15FN2O3/c18-13-4-2-1-3-12(13)10-16(21)19-8-7-11-5-6-14-15(9-11)23-17(22)20-14/h1-6,9H,7-8,10H2,(H,19,21)(H,20,22). The maximum atomic E-state index is 13.5. The first kappa shape index (κ1) is 15.0. The fourth-order valence-corrected chi connectivity index (χ4v) is 2.37. The van der Waals surface area contributed by atoms with Crippen molar-refractivity contribution >= 4 is 17.0 Å². The third kappa shape index (κ3) is 3.66. The van der Waals surface area contributed by atoms with E-state index in [2.05, 4.69) is 10.3 Å². The van der Waals surface area contributed by atoms with E-state index in [1.807, 2.05) is 6.07 Å². The van der Waals surface area contributed by atoms with E-state index in [1.54, 1.807) is 30.3 Å². The second-order valence-electron chi connectivity index (χ2n) is 5.21. The van der Waals surface area contributed by atoms with E-state index in [0.29, 0.717) is 29.6 Å². The number of oxazole rings is 1. The summed E-state index contributed by atoms with van der Waals surface area (Å²) in [7, 11) is 0. The Morgan fingerprint density at radius 2 is 2.04 bits per heavy atom. The van der Waals surface area contributed by atoms with Gasteiger partial charge >= 0.3 is 5.76 Å². The van der Waals surface area contributed by atoms with Gasteiger partial charge in [-0.25, -0.2) is 9.18 Å². The highest BCUT2D eigenvalue weighted by atomic mass is 19.1. The molecular formula is C17H15FN2O3. The van der Waals surface area contributed by atoms with E-state index in [9.17, 15) is 14.0 Å². The number of carbonyl (C=O) groups excluding carboxylic acids is 1. The first-order chi connectivity index (χ1) is 11.1. The summed E-state index contributed by atoms with van der Waals surface area (Å²) in [6.07, 6.45) is 0.603. The van der Waals surface area contributed by atoms with Gasteiger partial charge in [0.2, 0.25) is 5.91 Å². The molecule has 0 radical (unpaired) electrons. The molecule has 2 N–H and O–H groups in total. The Hall–Kier alpha value is -2.89. The van der Waals surface area contributed by atoms with E-state index in [0.717, 1.165) is 5.56 Å². The molecule has 0 aliphatic heterocycles. The van der Waals surface area contributed by atoms with Gasteiger partial charge in [-0.05, 0) is 35.7 Å². The van der Waals surface area contributed by atoms with Crippen LogP contribution in [0.25, 0.3) is 11.1 Å². The number of amides is 1. The zero-order valence-corrected chi connectivity index (χ0v) is 12.3. The van der Waals surface area contributed by atoms with Crippen LogP contribution >= 0.6 is 0 Å². The third-order valence-corrected chi connectivity index (χ3v) is 3.53. The molecule has 0 fully saturated rings. The predicted molar refractivity (Wildman–Crippen MR) is 83.7 cm³/mol. The normalized spacial score (nSPS) is 10.8. The van der Waals surface area contributed by atoms with E-state index >= 15 is 0 Å². The van der Waals surface area contributed by atoms with Crippen LogP contribution in [0.4, 0.5) is 4.39 Å². The van der Waals surface area contributed by atoms with Crippen molar-refractivity contribution in [3.05, 3.63) is 70.0 Å². The van der Waals surface area contributed by atoms with E-state index in [-0.39, 0.29) is 18.1 Å². The van der Waals surface area contributed by atoms with Gasteiger partial charge in [0.05, 0.1) is 11.9 Å². The fraction of sp³-hybridized carbons (Fsp3) is 0.176. The number of nitrogens with one attached hydrogen (secondary N) is 2. The average molecular weight is 314 g/mol. The number of rotatable bonds is 5. The third-order valence-electron chi connectivity index (χ3n) is 3.53. The Balaban J connectivity index is 1.54. The molecule has 118 valence electrons. The molecule has 3 rings (SSSR count). The quantitative estimate of drug-likeness (QED) is 0.758. The Morgan fingerprint density at radius 3 is 2.87 bits per heavy atom. The molecule has 0 atom stereocenters. The maximum Gasteiger partial charge on any atom is 0.417 e. The molecule has 1 heterocycles. The molecule has 0 saturated carbocycles. The van der Waals surface area contributed by atoms with Crippen LogP contribution in [0, 0.1) is 5.82 Å². The molecule has 3 aromatic rings. The van der Waals surface area contributed by atoms with E-state index in [1.165, 1.54) is 6.07 Å². The molecular weight excluding hydrogens is 299 g/mol. The van der Waals surface area contributed by atoms with Crippen LogP contribution < -0.4 is 11.1 Å².